The van der Waals surface area contributed by atoms with Gasteiger partial charge in [0.25, 0.3) is 0 Å². The summed E-state index contributed by atoms with van der Waals surface area (Å²) in [5.74, 6) is 1.60. The van der Waals surface area contributed by atoms with Gasteiger partial charge in [-0.1, -0.05) is 18.1 Å². The van der Waals surface area contributed by atoms with Crippen molar-refractivity contribution in [3.8, 4) is 18.0 Å². The minimum absolute atomic E-state index is 0.0620. The van der Waals surface area contributed by atoms with Crippen LogP contribution in [0.1, 0.15) is 5.56 Å². The molecule has 0 atom stereocenters. The number of benzene rings is 1. The zero-order valence-corrected chi connectivity index (χ0v) is 10.9. The Morgan fingerprint density at radius 2 is 2.15 bits per heavy atom. The Kier molecular flexibility index (Phi) is 4.53. The average molecular weight is 269 g/mol. The molecule has 5 nitrogen and oxygen atoms in total. The van der Waals surface area contributed by atoms with E-state index in [1.807, 2.05) is 35.0 Å². The molecule has 5 heteroatoms. The molecule has 0 aliphatic carbocycles. The van der Waals surface area contributed by atoms with Crippen LogP contribution in [-0.4, -0.2) is 38.6 Å². The van der Waals surface area contributed by atoms with Crippen molar-refractivity contribution in [3.05, 3.63) is 48.5 Å². The van der Waals surface area contributed by atoms with Gasteiger partial charge in [0.1, 0.15) is 0 Å². The van der Waals surface area contributed by atoms with Crippen molar-refractivity contribution in [1.29, 1.82) is 0 Å². The van der Waals surface area contributed by atoms with Gasteiger partial charge in [-0.25, -0.2) is 4.98 Å². The number of carboxylic acids is 1. The largest absolute Gasteiger partial charge is 0.480 e. The van der Waals surface area contributed by atoms with Crippen LogP contribution in [0.4, 0.5) is 0 Å². The first-order valence-corrected chi connectivity index (χ1v) is 6.14. The Morgan fingerprint density at radius 1 is 1.40 bits per heavy atom. The lowest BCUT2D eigenvalue weighted by Gasteiger charge is -2.17. The van der Waals surface area contributed by atoms with Gasteiger partial charge < -0.3 is 9.67 Å². The minimum Gasteiger partial charge on any atom is -0.480 e. The molecule has 0 amide bonds. The van der Waals surface area contributed by atoms with Crippen molar-refractivity contribution < 1.29 is 9.90 Å². The van der Waals surface area contributed by atoms with Gasteiger partial charge in [0.2, 0.25) is 0 Å². The van der Waals surface area contributed by atoms with Gasteiger partial charge in [0.05, 0.1) is 19.4 Å². The van der Waals surface area contributed by atoms with E-state index in [0.717, 1.165) is 11.3 Å². The van der Waals surface area contributed by atoms with Gasteiger partial charge in [-0.15, -0.1) is 6.42 Å². The lowest BCUT2D eigenvalue weighted by atomic mass is 10.2. The van der Waals surface area contributed by atoms with Crippen LogP contribution in [0.5, 0.6) is 0 Å². The number of nitrogens with zero attached hydrogens (tertiary/aromatic N) is 3. The van der Waals surface area contributed by atoms with Gasteiger partial charge in [-0.05, 0) is 17.7 Å². The van der Waals surface area contributed by atoms with E-state index in [9.17, 15) is 4.79 Å². The van der Waals surface area contributed by atoms with E-state index >= 15 is 0 Å². The number of terminal acetylenes is 1. The summed E-state index contributed by atoms with van der Waals surface area (Å²) in [5, 5.41) is 8.84. The predicted molar refractivity (Wildman–Crippen MR) is 75.3 cm³/mol. The molecule has 20 heavy (non-hydrogen) atoms. The maximum absolute atomic E-state index is 10.8. The Labute approximate surface area is 117 Å². The van der Waals surface area contributed by atoms with E-state index in [0.29, 0.717) is 13.1 Å². The van der Waals surface area contributed by atoms with Crippen LogP contribution in [0.15, 0.2) is 43.0 Å². The van der Waals surface area contributed by atoms with Crippen LogP contribution in [0.3, 0.4) is 0 Å². The predicted octanol–water partition coefficient (Wildman–Crippen LogP) is 1.39. The lowest BCUT2D eigenvalue weighted by molar-refractivity contribution is -0.138. The Morgan fingerprint density at radius 3 is 2.70 bits per heavy atom. The number of aliphatic carboxylic acids is 1. The van der Waals surface area contributed by atoms with Gasteiger partial charge in [-0.2, -0.15) is 0 Å². The Balaban J connectivity index is 2.05. The summed E-state index contributed by atoms with van der Waals surface area (Å²) in [6, 6.07) is 7.85. The van der Waals surface area contributed by atoms with Crippen molar-refractivity contribution in [1.82, 2.24) is 14.5 Å². The summed E-state index contributed by atoms with van der Waals surface area (Å²) in [6.45, 7) is 0.768. The molecule has 0 spiro atoms. The fourth-order valence-corrected chi connectivity index (χ4v) is 1.93. The number of carbonyl (C=O) groups is 1. The second-order valence-corrected chi connectivity index (χ2v) is 4.38. The number of hydrogen-bond acceptors (Lipinski definition) is 3. The second kappa shape index (κ2) is 6.55. The van der Waals surface area contributed by atoms with Gasteiger partial charge in [-0.3, -0.25) is 9.69 Å². The smallest absolute Gasteiger partial charge is 0.317 e. The summed E-state index contributed by atoms with van der Waals surface area (Å²) in [5.41, 5.74) is 2.03. The van der Waals surface area contributed by atoms with Crippen LogP contribution < -0.4 is 0 Å². The van der Waals surface area contributed by atoms with E-state index < -0.39 is 5.97 Å². The third-order valence-corrected chi connectivity index (χ3v) is 2.82. The lowest BCUT2D eigenvalue weighted by Crippen LogP contribution is -2.29. The highest BCUT2D eigenvalue weighted by atomic mass is 16.4. The van der Waals surface area contributed by atoms with Crippen molar-refractivity contribution in [3.63, 3.8) is 0 Å². The minimum atomic E-state index is -0.879. The molecule has 0 unspecified atom stereocenters. The van der Waals surface area contributed by atoms with E-state index in [1.54, 1.807) is 17.4 Å². The molecule has 0 saturated heterocycles. The number of hydrogen-bond donors (Lipinski definition) is 1. The first-order valence-electron chi connectivity index (χ1n) is 6.14. The maximum Gasteiger partial charge on any atom is 0.317 e. The molecule has 1 aromatic carbocycles. The van der Waals surface area contributed by atoms with Crippen LogP contribution in [0, 0.1) is 12.3 Å². The molecule has 1 N–H and O–H groups in total. The van der Waals surface area contributed by atoms with E-state index in [1.165, 1.54) is 0 Å². The number of carboxylic acid groups (broad SMARTS) is 1. The molecule has 0 aliphatic heterocycles. The molecule has 0 aliphatic rings. The summed E-state index contributed by atoms with van der Waals surface area (Å²) in [7, 11) is 0. The third kappa shape index (κ3) is 3.70. The second-order valence-electron chi connectivity index (χ2n) is 4.38. The zero-order valence-electron chi connectivity index (χ0n) is 10.9. The average Bonchev–Trinajstić information content (AvgIpc) is 2.93. The molecule has 2 rings (SSSR count). The van der Waals surface area contributed by atoms with Crippen LogP contribution >= 0.6 is 0 Å². The van der Waals surface area contributed by atoms with Crippen molar-refractivity contribution >= 4 is 5.97 Å². The van der Waals surface area contributed by atoms with Gasteiger partial charge >= 0.3 is 5.97 Å². The molecule has 1 aromatic heterocycles. The van der Waals surface area contributed by atoms with E-state index in [-0.39, 0.29) is 6.54 Å². The Bertz CT molecular complexity index is 597. The fourth-order valence-electron chi connectivity index (χ4n) is 1.93. The number of imidazole rings is 1. The van der Waals surface area contributed by atoms with E-state index in [2.05, 4.69) is 10.9 Å². The van der Waals surface area contributed by atoms with Crippen molar-refractivity contribution in [2.75, 3.05) is 13.1 Å². The van der Waals surface area contributed by atoms with Crippen LogP contribution in [0.25, 0.3) is 5.69 Å². The molecule has 0 fully saturated rings. The van der Waals surface area contributed by atoms with Crippen LogP contribution in [-0.2, 0) is 11.3 Å². The normalized spacial score (nSPS) is 10.4. The topological polar surface area (TPSA) is 58.4 Å². The first-order chi connectivity index (χ1) is 9.69. The van der Waals surface area contributed by atoms with Gasteiger partial charge in [0, 0.05) is 24.6 Å². The summed E-state index contributed by atoms with van der Waals surface area (Å²) in [4.78, 5) is 16.5. The molecule has 0 saturated carbocycles. The summed E-state index contributed by atoms with van der Waals surface area (Å²) in [6.07, 6.45) is 10.6. The summed E-state index contributed by atoms with van der Waals surface area (Å²) >= 11 is 0. The third-order valence-electron chi connectivity index (χ3n) is 2.82. The summed E-state index contributed by atoms with van der Waals surface area (Å²) < 4.78 is 1.90. The molecule has 1 heterocycles. The zero-order chi connectivity index (χ0) is 14.4. The highest BCUT2D eigenvalue weighted by Crippen LogP contribution is 2.11. The quantitative estimate of drug-likeness (QED) is 0.805. The molecular formula is C15H15N3O2. The highest BCUT2D eigenvalue weighted by Gasteiger charge is 2.09. The molecule has 0 radical (unpaired) electrons. The number of aromatic nitrogens is 2. The standard InChI is InChI=1S/C15H15N3O2/c1-2-8-17(11-15(19)20)10-13-3-5-14(6-4-13)18-9-7-16-12-18/h1,3-7,9,12H,8,10-11H2,(H,19,20). The van der Waals surface area contributed by atoms with Crippen molar-refractivity contribution in [2.45, 2.75) is 6.54 Å². The van der Waals surface area contributed by atoms with Gasteiger partial charge in [0.15, 0.2) is 0 Å². The molecule has 102 valence electrons. The maximum atomic E-state index is 10.8. The number of rotatable bonds is 6. The molecule has 0 bridgehead atoms. The van der Waals surface area contributed by atoms with Crippen LogP contribution in [0.2, 0.25) is 0 Å². The fraction of sp³-hybridized carbons (Fsp3) is 0.200. The van der Waals surface area contributed by atoms with Crippen molar-refractivity contribution in [2.24, 2.45) is 0 Å². The highest BCUT2D eigenvalue weighted by molar-refractivity contribution is 5.69. The Hall–Kier alpha value is -2.58. The van der Waals surface area contributed by atoms with E-state index in [4.69, 9.17) is 11.5 Å². The molecular weight excluding hydrogens is 254 g/mol. The first kappa shape index (κ1) is 13.8. The monoisotopic (exact) mass is 269 g/mol. The molecule has 2 aromatic rings. The SMILES string of the molecule is C#CCN(CC(=O)O)Cc1ccc(-n2ccnc2)cc1.